The van der Waals surface area contributed by atoms with Gasteiger partial charge in [-0.25, -0.2) is 4.79 Å². The van der Waals surface area contributed by atoms with E-state index in [2.05, 4.69) is 19.1 Å². The van der Waals surface area contributed by atoms with Crippen molar-refractivity contribution in [2.45, 2.75) is 71.6 Å². The van der Waals surface area contributed by atoms with Crippen LogP contribution in [-0.2, 0) is 29.0 Å². The second-order valence-electron chi connectivity index (χ2n) is 7.90. The van der Waals surface area contributed by atoms with Gasteiger partial charge in [0, 0.05) is 26.3 Å². The molecule has 0 N–H and O–H groups in total. The quantitative estimate of drug-likeness (QED) is 0.806. The molecule has 0 aliphatic carbocycles. The van der Waals surface area contributed by atoms with Crippen molar-refractivity contribution in [2.24, 2.45) is 0 Å². The number of amides is 1. The van der Waals surface area contributed by atoms with Crippen molar-refractivity contribution in [1.82, 2.24) is 4.90 Å². The highest BCUT2D eigenvalue weighted by Gasteiger charge is 2.29. The minimum atomic E-state index is -0.451. The van der Waals surface area contributed by atoms with Crippen LogP contribution < -0.4 is 0 Å². The number of benzene rings is 1. The molecule has 24 heavy (non-hydrogen) atoms. The molecule has 2 aliphatic heterocycles. The summed E-state index contributed by atoms with van der Waals surface area (Å²) in [6.45, 7) is 11.0. The van der Waals surface area contributed by atoms with Crippen molar-refractivity contribution < 1.29 is 14.3 Å². The Morgan fingerprint density at radius 3 is 2.42 bits per heavy atom. The van der Waals surface area contributed by atoms with Gasteiger partial charge in [-0.1, -0.05) is 19.1 Å². The fourth-order valence-corrected chi connectivity index (χ4v) is 3.67. The third-order valence-electron chi connectivity index (χ3n) is 4.88. The lowest BCUT2D eigenvalue weighted by atomic mass is 9.85. The number of nitrogens with zero attached hydrogens (tertiary/aromatic N) is 1. The lowest BCUT2D eigenvalue weighted by molar-refractivity contribution is 0.0242. The monoisotopic (exact) mass is 331 g/mol. The predicted molar refractivity (Wildman–Crippen MR) is 94.1 cm³/mol. The summed E-state index contributed by atoms with van der Waals surface area (Å²) in [4.78, 5) is 14.2. The van der Waals surface area contributed by atoms with E-state index in [1.807, 2.05) is 25.7 Å². The molecule has 0 spiro atoms. The highest BCUT2D eigenvalue weighted by Crippen LogP contribution is 2.35. The zero-order valence-electron chi connectivity index (χ0n) is 15.4. The molecule has 2 heterocycles. The van der Waals surface area contributed by atoms with Crippen LogP contribution >= 0.6 is 0 Å². The molecule has 0 bridgehead atoms. The van der Waals surface area contributed by atoms with Crippen LogP contribution in [0.3, 0.4) is 0 Å². The maximum absolute atomic E-state index is 12.4. The molecular weight excluding hydrogens is 302 g/mol. The predicted octanol–water partition coefficient (Wildman–Crippen LogP) is 4.39. The molecule has 1 saturated heterocycles. The topological polar surface area (TPSA) is 38.8 Å². The number of aryl methyl sites for hydroxylation is 1. The number of hydrogen-bond acceptors (Lipinski definition) is 3. The standard InChI is InChI=1S/C20H29NO3/c1-5-14-10-16-12-21(19(22)24-20(2,3)4)13-17(16)11-18(14)15-6-8-23-9-7-15/h10-11,15H,5-9,12-13H2,1-4H3. The van der Waals surface area contributed by atoms with Gasteiger partial charge in [-0.2, -0.15) is 0 Å². The number of rotatable bonds is 2. The van der Waals surface area contributed by atoms with E-state index in [1.165, 1.54) is 22.3 Å². The van der Waals surface area contributed by atoms with Gasteiger partial charge in [0.05, 0.1) is 0 Å². The van der Waals surface area contributed by atoms with E-state index in [1.54, 1.807) is 0 Å². The van der Waals surface area contributed by atoms with Crippen LogP contribution in [0, 0.1) is 0 Å². The smallest absolute Gasteiger partial charge is 0.410 e. The summed E-state index contributed by atoms with van der Waals surface area (Å²) in [5, 5.41) is 0. The summed E-state index contributed by atoms with van der Waals surface area (Å²) in [6.07, 6.45) is 3.01. The van der Waals surface area contributed by atoms with Crippen molar-refractivity contribution in [3.05, 3.63) is 34.4 Å². The number of ether oxygens (including phenoxy) is 2. The van der Waals surface area contributed by atoms with E-state index in [0.717, 1.165) is 32.5 Å². The lowest BCUT2D eigenvalue weighted by Crippen LogP contribution is -2.33. The van der Waals surface area contributed by atoms with Crippen LogP contribution in [-0.4, -0.2) is 29.8 Å². The Morgan fingerprint density at radius 1 is 1.21 bits per heavy atom. The summed E-state index contributed by atoms with van der Waals surface area (Å²) in [7, 11) is 0. The van der Waals surface area contributed by atoms with E-state index in [0.29, 0.717) is 19.0 Å². The van der Waals surface area contributed by atoms with Gasteiger partial charge >= 0.3 is 6.09 Å². The molecule has 4 nitrogen and oxygen atoms in total. The Balaban J connectivity index is 1.80. The molecule has 0 unspecified atom stereocenters. The van der Waals surface area contributed by atoms with Crippen LogP contribution in [0.15, 0.2) is 12.1 Å². The Labute approximate surface area is 145 Å². The van der Waals surface area contributed by atoms with Gasteiger partial charge in [0.25, 0.3) is 0 Å². The average Bonchev–Trinajstić information content (AvgIpc) is 2.96. The molecule has 2 aliphatic rings. The van der Waals surface area contributed by atoms with Crippen LogP contribution in [0.5, 0.6) is 0 Å². The molecule has 1 aromatic rings. The molecule has 0 radical (unpaired) electrons. The number of carbonyl (C=O) groups excluding carboxylic acids is 1. The van der Waals surface area contributed by atoms with Crippen molar-refractivity contribution in [3.8, 4) is 0 Å². The first-order valence-corrected chi connectivity index (χ1v) is 9.07. The van der Waals surface area contributed by atoms with E-state index >= 15 is 0 Å². The fourth-order valence-electron chi connectivity index (χ4n) is 3.67. The SMILES string of the molecule is CCc1cc2c(cc1C1CCOCC1)CN(C(=O)OC(C)(C)C)C2. The molecule has 132 valence electrons. The summed E-state index contributed by atoms with van der Waals surface area (Å²) < 4.78 is 11.0. The first-order valence-electron chi connectivity index (χ1n) is 9.07. The zero-order valence-corrected chi connectivity index (χ0v) is 15.4. The first kappa shape index (κ1) is 17.3. The Kier molecular flexibility index (Phi) is 4.86. The maximum atomic E-state index is 12.4. The highest BCUT2D eigenvalue weighted by molar-refractivity contribution is 5.69. The number of fused-ring (bicyclic) bond motifs is 1. The summed E-state index contributed by atoms with van der Waals surface area (Å²) in [6, 6.07) is 4.65. The van der Waals surface area contributed by atoms with Crippen LogP contribution in [0.4, 0.5) is 4.79 Å². The minimum Gasteiger partial charge on any atom is -0.444 e. The normalized spacial score (nSPS) is 18.6. The minimum absolute atomic E-state index is 0.218. The van der Waals surface area contributed by atoms with Crippen LogP contribution in [0.1, 0.15) is 68.7 Å². The molecule has 1 amide bonds. The van der Waals surface area contributed by atoms with E-state index < -0.39 is 5.60 Å². The van der Waals surface area contributed by atoms with E-state index in [4.69, 9.17) is 9.47 Å². The summed E-state index contributed by atoms with van der Waals surface area (Å²) in [5.74, 6) is 0.592. The Bertz CT molecular complexity index is 612. The Hall–Kier alpha value is -1.55. The molecule has 1 aromatic carbocycles. The number of hydrogen-bond donors (Lipinski definition) is 0. The number of carbonyl (C=O) groups is 1. The van der Waals surface area contributed by atoms with Gasteiger partial charge in [0.2, 0.25) is 0 Å². The highest BCUT2D eigenvalue weighted by atomic mass is 16.6. The first-order chi connectivity index (χ1) is 11.4. The van der Waals surface area contributed by atoms with Crippen molar-refractivity contribution >= 4 is 6.09 Å². The van der Waals surface area contributed by atoms with Crippen LogP contribution in [0.25, 0.3) is 0 Å². The molecule has 3 rings (SSSR count). The van der Waals surface area contributed by atoms with Gasteiger partial charge in [-0.3, -0.25) is 4.90 Å². The third-order valence-corrected chi connectivity index (χ3v) is 4.88. The fraction of sp³-hybridized carbons (Fsp3) is 0.650. The third kappa shape index (κ3) is 3.75. The van der Waals surface area contributed by atoms with Gasteiger partial charge in [-0.05, 0) is 68.2 Å². The molecule has 0 atom stereocenters. The summed E-state index contributed by atoms with van der Waals surface area (Å²) in [5.41, 5.74) is 4.98. The van der Waals surface area contributed by atoms with Crippen LogP contribution in [0.2, 0.25) is 0 Å². The van der Waals surface area contributed by atoms with Gasteiger partial charge in [-0.15, -0.1) is 0 Å². The molecular formula is C20H29NO3. The van der Waals surface area contributed by atoms with Gasteiger partial charge in [0.15, 0.2) is 0 Å². The zero-order chi connectivity index (χ0) is 17.3. The Morgan fingerprint density at radius 2 is 1.83 bits per heavy atom. The van der Waals surface area contributed by atoms with Crippen molar-refractivity contribution in [2.75, 3.05) is 13.2 Å². The summed E-state index contributed by atoms with van der Waals surface area (Å²) >= 11 is 0. The molecule has 4 heteroatoms. The van der Waals surface area contributed by atoms with Gasteiger partial charge < -0.3 is 9.47 Å². The second kappa shape index (κ2) is 6.75. The van der Waals surface area contributed by atoms with E-state index in [9.17, 15) is 4.79 Å². The maximum Gasteiger partial charge on any atom is 0.410 e. The largest absolute Gasteiger partial charge is 0.444 e. The second-order valence-corrected chi connectivity index (χ2v) is 7.90. The lowest BCUT2D eigenvalue weighted by Gasteiger charge is -2.25. The average molecular weight is 331 g/mol. The molecule has 1 fully saturated rings. The van der Waals surface area contributed by atoms with Crippen molar-refractivity contribution in [1.29, 1.82) is 0 Å². The van der Waals surface area contributed by atoms with Crippen molar-refractivity contribution in [3.63, 3.8) is 0 Å². The van der Waals surface area contributed by atoms with E-state index in [-0.39, 0.29) is 6.09 Å². The molecule has 0 aromatic heterocycles. The van der Waals surface area contributed by atoms with Gasteiger partial charge in [0.1, 0.15) is 5.60 Å². The molecule has 0 saturated carbocycles.